The molecule has 0 bridgehead atoms. The zero-order valence-corrected chi connectivity index (χ0v) is 12.0. The summed E-state index contributed by atoms with van der Waals surface area (Å²) in [5.41, 5.74) is -0.132. The molecule has 1 aromatic carbocycles. The molecule has 0 aliphatic carbocycles. The third-order valence-electron chi connectivity index (χ3n) is 3.11. The topological polar surface area (TPSA) is 51.1 Å². The summed E-state index contributed by atoms with van der Waals surface area (Å²) in [4.78, 5) is 24.1. The van der Waals surface area contributed by atoms with Gasteiger partial charge in [0.05, 0.1) is 5.39 Å². The lowest BCUT2D eigenvalue weighted by atomic mass is 10.3. The first kappa shape index (κ1) is 14.4. The fraction of sp³-hybridized carbons (Fsp3) is 0.0667. The maximum Gasteiger partial charge on any atom is 0.259 e. The Labute approximate surface area is 127 Å². The number of rotatable bonds is 3. The van der Waals surface area contributed by atoms with Crippen molar-refractivity contribution in [2.24, 2.45) is 0 Å². The van der Waals surface area contributed by atoms with Crippen molar-refractivity contribution in [3.8, 4) is 0 Å². The Morgan fingerprint density at radius 2 is 2.00 bits per heavy atom. The molecule has 0 saturated carbocycles. The number of carbonyl (C=O) groups excluding carboxylic acids is 1. The van der Waals surface area contributed by atoms with Crippen molar-refractivity contribution in [2.45, 2.75) is 6.54 Å². The van der Waals surface area contributed by atoms with Gasteiger partial charge in [0.2, 0.25) is 5.91 Å². The van der Waals surface area contributed by atoms with E-state index in [9.17, 15) is 18.4 Å². The van der Waals surface area contributed by atoms with E-state index in [1.54, 1.807) is 17.5 Å². The fourth-order valence-corrected chi connectivity index (χ4v) is 2.83. The highest BCUT2D eigenvalue weighted by molar-refractivity contribution is 7.17. The number of amides is 1. The zero-order valence-electron chi connectivity index (χ0n) is 11.2. The number of hydrogen-bond acceptors (Lipinski definition) is 3. The van der Waals surface area contributed by atoms with Crippen molar-refractivity contribution in [1.82, 2.24) is 4.57 Å². The Bertz CT molecular complexity index is 917. The first-order chi connectivity index (χ1) is 10.5. The molecule has 0 aliphatic heterocycles. The normalized spacial score (nSPS) is 10.8. The molecule has 2 heterocycles. The van der Waals surface area contributed by atoms with Gasteiger partial charge < -0.3 is 9.88 Å². The van der Waals surface area contributed by atoms with Crippen molar-refractivity contribution in [3.63, 3.8) is 0 Å². The van der Waals surface area contributed by atoms with Crippen molar-refractivity contribution in [2.75, 3.05) is 5.32 Å². The molecule has 0 saturated heterocycles. The molecule has 0 radical (unpaired) electrons. The van der Waals surface area contributed by atoms with Crippen LogP contribution in [0.3, 0.4) is 0 Å². The molecule has 0 unspecified atom stereocenters. The molecule has 2 aromatic heterocycles. The molecular weight excluding hydrogens is 310 g/mol. The number of aromatic nitrogens is 1. The number of halogens is 2. The summed E-state index contributed by atoms with van der Waals surface area (Å²) in [7, 11) is 0. The summed E-state index contributed by atoms with van der Waals surface area (Å²) in [5.74, 6) is -2.53. The van der Waals surface area contributed by atoms with E-state index >= 15 is 0 Å². The van der Waals surface area contributed by atoms with Crippen LogP contribution in [0.1, 0.15) is 0 Å². The summed E-state index contributed by atoms with van der Waals surface area (Å²) in [6.07, 6.45) is 1.53. The number of fused-ring (bicyclic) bond motifs is 1. The number of thiophene rings is 1. The molecular formula is C15H10F2N2O2S. The lowest BCUT2D eigenvalue weighted by molar-refractivity contribution is -0.116. The molecule has 112 valence electrons. The summed E-state index contributed by atoms with van der Waals surface area (Å²) >= 11 is 1.44. The van der Waals surface area contributed by atoms with Gasteiger partial charge in [-0.2, -0.15) is 0 Å². The highest BCUT2D eigenvalue weighted by Crippen LogP contribution is 2.16. The minimum atomic E-state index is -1.05. The number of benzene rings is 1. The smallest absolute Gasteiger partial charge is 0.259 e. The Morgan fingerprint density at radius 1 is 1.18 bits per heavy atom. The molecule has 3 rings (SSSR count). The van der Waals surface area contributed by atoms with Gasteiger partial charge in [0.15, 0.2) is 11.6 Å². The van der Waals surface area contributed by atoms with Gasteiger partial charge in [0, 0.05) is 22.7 Å². The predicted molar refractivity (Wildman–Crippen MR) is 81.1 cm³/mol. The van der Waals surface area contributed by atoms with Crippen LogP contribution >= 0.6 is 11.3 Å². The number of carbonyl (C=O) groups is 1. The SMILES string of the molecule is O=C(Cn1ccc2sccc2c1=O)Nc1ccc(F)c(F)c1. The molecule has 22 heavy (non-hydrogen) atoms. The Morgan fingerprint density at radius 3 is 2.77 bits per heavy atom. The number of hydrogen-bond donors (Lipinski definition) is 1. The van der Waals surface area contributed by atoms with Gasteiger partial charge in [-0.25, -0.2) is 8.78 Å². The first-order valence-electron chi connectivity index (χ1n) is 6.36. The second kappa shape index (κ2) is 5.69. The Kier molecular flexibility index (Phi) is 3.72. The summed E-state index contributed by atoms with van der Waals surface area (Å²) < 4.78 is 28.0. The third-order valence-corrected chi connectivity index (χ3v) is 3.99. The van der Waals surface area contributed by atoms with Crippen molar-refractivity contribution >= 4 is 33.0 Å². The van der Waals surface area contributed by atoms with Gasteiger partial charge in [-0.1, -0.05) is 0 Å². The van der Waals surface area contributed by atoms with Crippen LogP contribution in [0, 0.1) is 11.6 Å². The molecule has 7 heteroatoms. The Balaban J connectivity index is 1.79. The van der Waals surface area contributed by atoms with Crippen LogP contribution in [0.15, 0.2) is 46.7 Å². The second-order valence-corrected chi connectivity index (χ2v) is 5.57. The molecule has 0 fully saturated rings. The van der Waals surface area contributed by atoms with Crippen LogP contribution in [0.25, 0.3) is 10.1 Å². The van der Waals surface area contributed by atoms with E-state index in [-0.39, 0.29) is 17.8 Å². The van der Waals surface area contributed by atoms with E-state index in [4.69, 9.17) is 0 Å². The molecule has 1 amide bonds. The van der Waals surface area contributed by atoms with Crippen molar-refractivity contribution in [3.05, 3.63) is 63.9 Å². The Hall–Kier alpha value is -2.54. The van der Waals surface area contributed by atoms with E-state index in [1.165, 1.54) is 28.2 Å². The second-order valence-electron chi connectivity index (χ2n) is 4.62. The van der Waals surface area contributed by atoms with Crippen LogP contribution in [-0.4, -0.2) is 10.5 Å². The summed E-state index contributed by atoms with van der Waals surface area (Å²) in [6, 6.07) is 6.52. The van der Waals surface area contributed by atoms with Gasteiger partial charge in [-0.15, -0.1) is 11.3 Å². The molecule has 0 spiro atoms. The first-order valence-corrected chi connectivity index (χ1v) is 7.24. The van der Waals surface area contributed by atoms with Crippen molar-refractivity contribution < 1.29 is 13.6 Å². The highest BCUT2D eigenvalue weighted by atomic mass is 32.1. The lowest BCUT2D eigenvalue weighted by Gasteiger charge is -2.08. The number of anilines is 1. The molecule has 1 N–H and O–H groups in total. The van der Waals surface area contributed by atoms with E-state index in [0.29, 0.717) is 5.39 Å². The minimum Gasteiger partial charge on any atom is -0.324 e. The van der Waals surface area contributed by atoms with Gasteiger partial charge in [0.1, 0.15) is 6.54 Å². The van der Waals surface area contributed by atoms with Crippen LogP contribution in [0.4, 0.5) is 14.5 Å². The van der Waals surface area contributed by atoms with E-state index < -0.39 is 17.5 Å². The van der Waals surface area contributed by atoms with E-state index in [2.05, 4.69) is 5.32 Å². The van der Waals surface area contributed by atoms with Crippen molar-refractivity contribution in [1.29, 1.82) is 0 Å². The quantitative estimate of drug-likeness (QED) is 0.806. The van der Waals surface area contributed by atoms with Gasteiger partial charge in [-0.3, -0.25) is 9.59 Å². The predicted octanol–water partition coefficient (Wildman–Crippen LogP) is 2.98. The van der Waals surface area contributed by atoms with Gasteiger partial charge >= 0.3 is 0 Å². The summed E-state index contributed by atoms with van der Waals surface area (Å²) in [5, 5.41) is 4.78. The molecule has 0 aliphatic rings. The summed E-state index contributed by atoms with van der Waals surface area (Å²) in [6.45, 7) is -0.205. The average Bonchev–Trinajstić information content (AvgIpc) is 2.95. The van der Waals surface area contributed by atoms with Crippen LogP contribution < -0.4 is 10.9 Å². The van der Waals surface area contributed by atoms with E-state index in [0.717, 1.165) is 16.8 Å². The number of nitrogens with zero attached hydrogens (tertiary/aromatic N) is 1. The lowest BCUT2D eigenvalue weighted by Crippen LogP contribution is -2.27. The minimum absolute atomic E-state index is 0.133. The highest BCUT2D eigenvalue weighted by Gasteiger charge is 2.09. The van der Waals surface area contributed by atoms with Crippen LogP contribution in [0.5, 0.6) is 0 Å². The van der Waals surface area contributed by atoms with Crippen LogP contribution in [0.2, 0.25) is 0 Å². The maximum absolute atomic E-state index is 13.1. The van der Waals surface area contributed by atoms with E-state index in [1.807, 2.05) is 0 Å². The monoisotopic (exact) mass is 320 g/mol. The molecule has 0 atom stereocenters. The average molecular weight is 320 g/mol. The molecule has 4 nitrogen and oxygen atoms in total. The van der Waals surface area contributed by atoms with Gasteiger partial charge in [-0.05, 0) is 29.6 Å². The maximum atomic E-state index is 13.1. The third kappa shape index (κ3) is 2.75. The fourth-order valence-electron chi connectivity index (χ4n) is 2.06. The largest absolute Gasteiger partial charge is 0.324 e. The molecule has 3 aromatic rings. The number of nitrogens with one attached hydrogen (secondary N) is 1. The zero-order chi connectivity index (χ0) is 15.7. The van der Waals surface area contributed by atoms with Gasteiger partial charge in [0.25, 0.3) is 5.56 Å². The standard InChI is InChI=1S/C15H10F2N2O2S/c16-11-2-1-9(7-12(11)17)18-14(20)8-19-5-3-13-10(15(19)21)4-6-22-13/h1-7H,8H2,(H,18,20). The number of pyridine rings is 1. The van der Waals surface area contributed by atoms with Crippen LogP contribution in [-0.2, 0) is 11.3 Å².